The minimum absolute atomic E-state index is 0.0149. The molecule has 1 unspecified atom stereocenters. The molecule has 1 amide bonds. The number of carbonyl (C=O) groups is 1. The summed E-state index contributed by atoms with van der Waals surface area (Å²) in [5.41, 5.74) is 0. The fraction of sp³-hybridized carbons (Fsp3) is 0.556. The lowest BCUT2D eigenvalue weighted by atomic mass is 10.4. The van der Waals surface area contributed by atoms with E-state index < -0.39 is 0 Å². The predicted molar refractivity (Wildman–Crippen MR) is 59.1 cm³/mol. The first-order valence-electron chi connectivity index (χ1n) is 4.83. The van der Waals surface area contributed by atoms with E-state index in [0.29, 0.717) is 19.5 Å². The van der Waals surface area contributed by atoms with Gasteiger partial charge in [0, 0.05) is 24.3 Å². The van der Waals surface area contributed by atoms with Gasteiger partial charge in [-0.05, 0) is 0 Å². The molecule has 82 valence electrons. The Morgan fingerprint density at radius 1 is 1.67 bits per heavy atom. The highest BCUT2D eigenvalue weighted by Crippen LogP contribution is 2.23. The average molecular weight is 227 g/mol. The number of hydrogen-bond donors (Lipinski definition) is 2. The van der Waals surface area contributed by atoms with Crippen LogP contribution in [0, 0.1) is 0 Å². The van der Waals surface area contributed by atoms with Gasteiger partial charge in [0.15, 0.2) is 0 Å². The smallest absolute Gasteiger partial charge is 0.229 e. The van der Waals surface area contributed by atoms with Crippen LogP contribution in [0.5, 0.6) is 0 Å². The van der Waals surface area contributed by atoms with Gasteiger partial charge in [-0.15, -0.1) is 0 Å². The lowest BCUT2D eigenvalue weighted by molar-refractivity contribution is -0.117. The lowest BCUT2D eigenvalue weighted by Crippen LogP contribution is -2.27. The molecule has 0 radical (unpaired) electrons. The number of anilines is 1. The van der Waals surface area contributed by atoms with E-state index in [1.807, 2.05) is 0 Å². The van der Waals surface area contributed by atoms with Crippen molar-refractivity contribution in [2.24, 2.45) is 0 Å². The van der Waals surface area contributed by atoms with E-state index >= 15 is 0 Å². The molecule has 1 N–H and O–H groups in total. The summed E-state index contributed by atoms with van der Waals surface area (Å²) in [4.78, 5) is 13.3. The number of rotatable bonds is 3. The zero-order valence-corrected chi connectivity index (χ0v) is 9.10. The Bertz CT molecular complexity index is 366. The van der Waals surface area contributed by atoms with E-state index in [0.717, 1.165) is 5.82 Å². The van der Waals surface area contributed by atoms with Crippen LogP contribution in [0.2, 0.25) is 0 Å². The largest absolute Gasteiger partial charge is 0.394 e. The summed E-state index contributed by atoms with van der Waals surface area (Å²) in [7, 11) is 0. The summed E-state index contributed by atoms with van der Waals surface area (Å²) in [5, 5.41) is 13.0. The van der Waals surface area contributed by atoms with Crippen LogP contribution < -0.4 is 4.90 Å². The van der Waals surface area contributed by atoms with Crippen LogP contribution in [0.4, 0.5) is 5.82 Å². The average Bonchev–Trinajstić information content (AvgIpc) is 2.73. The van der Waals surface area contributed by atoms with Crippen molar-refractivity contribution < 1.29 is 9.90 Å². The van der Waals surface area contributed by atoms with Gasteiger partial charge in [0.2, 0.25) is 5.91 Å². The highest BCUT2D eigenvalue weighted by molar-refractivity contribution is 7.81. The molecule has 0 aliphatic carbocycles. The molecular weight excluding hydrogens is 214 g/mol. The van der Waals surface area contributed by atoms with Crippen molar-refractivity contribution in [1.82, 2.24) is 9.78 Å². The summed E-state index contributed by atoms with van der Waals surface area (Å²) in [6.45, 7) is 1.03. The van der Waals surface area contributed by atoms with Crippen molar-refractivity contribution in [3.63, 3.8) is 0 Å². The fourth-order valence-electron chi connectivity index (χ4n) is 1.73. The number of hydrogen-bond acceptors (Lipinski definition) is 4. The van der Waals surface area contributed by atoms with E-state index in [-0.39, 0.29) is 17.8 Å². The maximum absolute atomic E-state index is 11.6. The molecule has 1 atom stereocenters. The highest BCUT2D eigenvalue weighted by atomic mass is 32.1. The van der Waals surface area contributed by atoms with Crippen LogP contribution in [0.25, 0.3) is 0 Å². The third-order valence-electron chi connectivity index (χ3n) is 2.39. The normalized spacial score (nSPS) is 21.3. The van der Waals surface area contributed by atoms with Gasteiger partial charge < -0.3 is 5.11 Å². The summed E-state index contributed by atoms with van der Waals surface area (Å²) < 4.78 is 1.63. The van der Waals surface area contributed by atoms with Crippen molar-refractivity contribution in [2.45, 2.75) is 18.2 Å². The molecule has 0 bridgehead atoms. The minimum atomic E-state index is 0.0149. The highest BCUT2D eigenvalue weighted by Gasteiger charge is 2.30. The number of aromatic nitrogens is 2. The number of thiol groups is 1. The molecule has 0 aromatic carbocycles. The van der Waals surface area contributed by atoms with Gasteiger partial charge in [0.05, 0.1) is 19.3 Å². The lowest BCUT2D eigenvalue weighted by Gasteiger charge is -2.16. The minimum Gasteiger partial charge on any atom is -0.394 e. The van der Waals surface area contributed by atoms with Gasteiger partial charge >= 0.3 is 0 Å². The summed E-state index contributed by atoms with van der Waals surface area (Å²) >= 11 is 4.29. The molecule has 0 spiro atoms. The second-order valence-corrected chi connectivity index (χ2v) is 4.23. The second-order valence-electron chi connectivity index (χ2n) is 3.50. The maximum atomic E-state index is 11.6. The van der Waals surface area contributed by atoms with Crippen LogP contribution in [0.1, 0.15) is 6.42 Å². The van der Waals surface area contributed by atoms with Crippen LogP contribution in [0.3, 0.4) is 0 Å². The predicted octanol–water partition coefficient (Wildman–Crippen LogP) is -0.0895. The Hall–Kier alpha value is -1.01. The maximum Gasteiger partial charge on any atom is 0.229 e. The number of aliphatic hydroxyl groups is 1. The van der Waals surface area contributed by atoms with Gasteiger partial charge in [-0.2, -0.15) is 17.7 Å². The molecule has 1 aromatic heterocycles. The van der Waals surface area contributed by atoms with Crippen LogP contribution in [-0.4, -0.2) is 39.2 Å². The molecule has 1 saturated heterocycles. The molecule has 1 aliphatic rings. The molecule has 1 fully saturated rings. The molecule has 2 rings (SSSR count). The molecule has 2 heterocycles. The molecule has 0 saturated carbocycles. The standard InChI is InChI=1S/C9H13N3O2S/c13-4-3-12-8(1-2-10-12)11-6-7(15)5-9(11)14/h1-2,7,13,15H,3-6H2. The van der Waals surface area contributed by atoms with Crippen molar-refractivity contribution in [2.75, 3.05) is 18.1 Å². The third-order valence-corrected chi connectivity index (χ3v) is 2.73. The first-order chi connectivity index (χ1) is 7.22. The van der Waals surface area contributed by atoms with Crippen molar-refractivity contribution in [3.8, 4) is 0 Å². The number of nitrogens with zero attached hydrogens (tertiary/aromatic N) is 3. The van der Waals surface area contributed by atoms with Crippen molar-refractivity contribution in [3.05, 3.63) is 12.3 Å². The Balaban J connectivity index is 2.21. The summed E-state index contributed by atoms with van der Waals surface area (Å²) in [5.74, 6) is 0.806. The first kappa shape index (κ1) is 10.5. The van der Waals surface area contributed by atoms with Gasteiger partial charge in [0.1, 0.15) is 5.82 Å². The Morgan fingerprint density at radius 2 is 2.47 bits per heavy atom. The molecular formula is C9H13N3O2S. The Labute approximate surface area is 93.1 Å². The molecule has 1 aliphatic heterocycles. The molecule has 15 heavy (non-hydrogen) atoms. The number of amides is 1. The van der Waals surface area contributed by atoms with Gasteiger partial charge in [-0.25, -0.2) is 4.68 Å². The Kier molecular flexibility index (Phi) is 2.97. The summed E-state index contributed by atoms with van der Waals surface area (Å²) in [6, 6.07) is 1.78. The van der Waals surface area contributed by atoms with E-state index in [4.69, 9.17) is 5.11 Å². The van der Waals surface area contributed by atoms with Gasteiger partial charge in [-0.3, -0.25) is 9.69 Å². The third kappa shape index (κ3) is 2.00. The Morgan fingerprint density at radius 3 is 3.07 bits per heavy atom. The van der Waals surface area contributed by atoms with Crippen molar-refractivity contribution >= 4 is 24.4 Å². The zero-order valence-electron chi connectivity index (χ0n) is 8.20. The zero-order chi connectivity index (χ0) is 10.8. The van der Waals surface area contributed by atoms with E-state index in [9.17, 15) is 4.79 Å². The molecule has 5 nitrogen and oxygen atoms in total. The van der Waals surface area contributed by atoms with Crippen LogP contribution in [-0.2, 0) is 11.3 Å². The van der Waals surface area contributed by atoms with Gasteiger partial charge in [0.25, 0.3) is 0 Å². The fourth-order valence-corrected chi connectivity index (χ4v) is 2.05. The quantitative estimate of drug-likeness (QED) is 0.710. The number of aliphatic hydroxyl groups excluding tert-OH is 1. The molecule has 6 heteroatoms. The number of carbonyl (C=O) groups excluding carboxylic acids is 1. The SMILES string of the molecule is O=C1CC(S)CN1c1ccnn1CCO. The van der Waals surface area contributed by atoms with Crippen LogP contribution >= 0.6 is 12.6 Å². The van der Waals surface area contributed by atoms with E-state index in [1.54, 1.807) is 21.8 Å². The monoisotopic (exact) mass is 227 g/mol. The second kappa shape index (κ2) is 4.24. The first-order valence-corrected chi connectivity index (χ1v) is 5.35. The van der Waals surface area contributed by atoms with Gasteiger partial charge in [-0.1, -0.05) is 0 Å². The topological polar surface area (TPSA) is 58.4 Å². The van der Waals surface area contributed by atoms with Crippen molar-refractivity contribution in [1.29, 1.82) is 0 Å². The molecule has 1 aromatic rings. The van der Waals surface area contributed by atoms with E-state index in [1.165, 1.54) is 0 Å². The van der Waals surface area contributed by atoms with Crippen LogP contribution in [0.15, 0.2) is 12.3 Å². The summed E-state index contributed by atoms with van der Waals surface area (Å²) in [6.07, 6.45) is 2.09. The van der Waals surface area contributed by atoms with E-state index in [2.05, 4.69) is 17.7 Å².